The lowest BCUT2D eigenvalue weighted by Gasteiger charge is -2.30. The lowest BCUT2D eigenvalue weighted by atomic mass is 10.1. The zero-order valence-electron chi connectivity index (χ0n) is 15.0. The molecule has 1 heterocycles. The van der Waals surface area contributed by atoms with Crippen LogP contribution >= 0.6 is 15.9 Å². The summed E-state index contributed by atoms with van der Waals surface area (Å²) in [6.45, 7) is 3.26. The molecule has 3 aliphatic rings. The molecule has 2 aliphatic carbocycles. The zero-order valence-corrected chi connectivity index (χ0v) is 17.4. The molecule has 7 heteroatoms. The highest BCUT2D eigenvalue weighted by Gasteiger charge is 2.42. The first-order chi connectivity index (χ1) is 12.4. The molecule has 1 amide bonds. The lowest BCUT2D eigenvalue weighted by Crippen LogP contribution is -2.41. The van der Waals surface area contributed by atoms with Crippen LogP contribution in [0.1, 0.15) is 55.8 Å². The third-order valence-corrected chi connectivity index (χ3v) is 8.37. The molecule has 4 rings (SSSR count). The molecule has 142 valence electrons. The van der Waals surface area contributed by atoms with E-state index in [9.17, 15) is 13.2 Å². The van der Waals surface area contributed by atoms with E-state index in [1.807, 2.05) is 4.90 Å². The highest BCUT2D eigenvalue weighted by molar-refractivity contribution is 9.10. The molecular formula is C19H25BrN2O3S. The summed E-state index contributed by atoms with van der Waals surface area (Å²) in [7, 11) is -3.52. The Hall–Kier alpha value is -0.920. The number of nitrogens with zero attached hydrogens (tertiary/aromatic N) is 2. The van der Waals surface area contributed by atoms with Gasteiger partial charge in [-0.2, -0.15) is 4.31 Å². The van der Waals surface area contributed by atoms with Gasteiger partial charge in [0, 0.05) is 29.6 Å². The first kappa shape index (κ1) is 18.4. The molecule has 0 spiro atoms. The van der Waals surface area contributed by atoms with Crippen molar-refractivity contribution in [3.05, 3.63) is 28.2 Å². The first-order valence-corrected chi connectivity index (χ1v) is 11.8. The molecule has 0 aromatic heterocycles. The van der Waals surface area contributed by atoms with Gasteiger partial charge in [-0.3, -0.25) is 4.79 Å². The minimum Gasteiger partial charge on any atom is -0.333 e. The second kappa shape index (κ2) is 6.91. The van der Waals surface area contributed by atoms with E-state index in [1.54, 1.807) is 18.2 Å². The average molecular weight is 441 g/mol. The van der Waals surface area contributed by atoms with Crippen LogP contribution in [0.15, 0.2) is 27.6 Å². The van der Waals surface area contributed by atoms with Gasteiger partial charge in [-0.05, 0) is 85.5 Å². The van der Waals surface area contributed by atoms with Gasteiger partial charge in [-0.1, -0.05) is 0 Å². The molecule has 1 aliphatic heterocycles. The summed E-state index contributed by atoms with van der Waals surface area (Å²) in [4.78, 5) is 15.5. The van der Waals surface area contributed by atoms with Crippen LogP contribution < -0.4 is 0 Å². The summed E-state index contributed by atoms with van der Waals surface area (Å²) in [5, 5.41) is 0. The molecule has 0 radical (unpaired) electrons. The van der Waals surface area contributed by atoms with E-state index in [1.165, 1.54) is 17.1 Å². The molecule has 3 fully saturated rings. The average Bonchev–Trinajstić information content (AvgIpc) is 3.54. The fourth-order valence-corrected chi connectivity index (χ4v) is 5.85. The number of halogens is 1. The van der Waals surface area contributed by atoms with E-state index in [-0.39, 0.29) is 16.8 Å². The predicted octanol–water partition coefficient (Wildman–Crippen LogP) is 3.64. The molecule has 2 saturated carbocycles. The van der Waals surface area contributed by atoms with E-state index < -0.39 is 10.0 Å². The summed E-state index contributed by atoms with van der Waals surface area (Å²) >= 11 is 3.47. The number of benzene rings is 1. The summed E-state index contributed by atoms with van der Waals surface area (Å²) in [5.74, 6) is 0.548. The molecule has 26 heavy (non-hydrogen) atoms. The van der Waals surface area contributed by atoms with Crippen molar-refractivity contribution in [2.45, 2.75) is 62.4 Å². The number of carbonyl (C=O) groups excluding carboxylic acids is 1. The van der Waals surface area contributed by atoms with Crippen molar-refractivity contribution >= 4 is 31.9 Å². The monoisotopic (exact) mass is 440 g/mol. The van der Waals surface area contributed by atoms with E-state index in [0.717, 1.165) is 25.7 Å². The number of amides is 1. The molecular weight excluding hydrogens is 416 g/mol. The third kappa shape index (κ3) is 3.45. The topological polar surface area (TPSA) is 57.7 Å². The van der Waals surface area contributed by atoms with E-state index in [0.29, 0.717) is 35.1 Å². The molecule has 0 N–H and O–H groups in total. The summed E-state index contributed by atoms with van der Waals surface area (Å²) in [6, 6.07) is 5.39. The SMILES string of the molecule is C[C@@H](C1CC1)N(C(=O)c1cc(S(=O)(=O)N2CCCC2)ccc1Br)C1CC1. The van der Waals surface area contributed by atoms with Gasteiger partial charge in [0.2, 0.25) is 10.0 Å². The van der Waals surface area contributed by atoms with Crippen LogP contribution in [-0.2, 0) is 10.0 Å². The van der Waals surface area contributed by atoms with Gasteiger partial charge in [0.1, 0.15) is 0 Å². The van der Waals surface area contributed by atoms with Gasteiger partial charge in [0.05, 0.1) is 10.5 Å². The third-order valence-electron chi connectivity index (χ3n) is 5.79. The summed E-state index contributed by atoms with van der Waals surface area (Å²) in [5.41, 5.74) is 0.463. The van der Waals surface area contributed by atoms with Gasteiger partial charge < -0.3 is 4.90 Å². The Morgan fingerprint density at radius 3 is 2.42 bits per heavy atom. The van der Waals surface area contributed by atoms with Crippen molar-refractivity contribution in [1.82, 2.24) is 9.21 Å². The largest absolute Gasteiger partial charge is 0.333 e. The van der Waals surface area contributed by atoms with E-state index in [4.69, 9.17) is 0 Å². The van der Waals surface area contributed by atoms with Crippen LogP contribution in [0.4, 0.5) is 0 Å². The van der Waals surface area contributed by atoms with Crippen molar-refractivity contribution in [1.29, 1.82) is 0 Å². The number of hydrogen-bond acceptors (Lipinski definition) is 3. The minimum absolute atomic E-state index is 0.0442. The highest BCUT2D eigenvalue weighted by atomic mass is 79.9. The number of sulfonamides is 1. The van der Waals surface area contributed by atoms with Gasteiger partial charge in [-0.15, -0.1) is 0 Å². The summed E-state index contributed by atoms with van der Waals surface area (Å²) < 4.78 is 27.9. The van der Waals surface area contributed by atoms with E-state index in [2.05, 4.69) is 22.9 Å². The second-order valence-electron chi connectivity index (χ2n) is 7.77. The first-order valence-electron chi connectivity index (χ1n) is 9.52. The Bertz CT molecular complexity index is 812. The van der Waals surface area contributed by atoms with Crippen molar-refractivity contribution in [3.8, 4) is 0 Å². The van der Waals surface area contributed by atoms with Crippen LogP contribution in [0.2, 0.25) is 0 Å². The maximum absolute atomic E-state index is 13.3. The van der Waals surface area contributed by atoms with Gasteiger partial charge >= 0.3 is 0 Å². The Labute approximate surface area is 163 Å². The smallest absolute Gasteiger partial charge is 0.255 e. The predicted molar refractivity (Wildman–Crippen MR) is 104 cm³/mol. The number of hydrogen-bond donors (Lipinski definition) is 0. The maximum atomic E-state index is 13.3. The highest BCUT2D eigenvalue weighted by Crippen LogP contribution is 2.41. The van der Waals surface area contributed by atoms with Crippen molar-refractivity contribution in [2.75, 3.05) is 13.1 Å². The minimum atomic E-state index is -3.52. The number of rotatable bonds is 6. The Morgan fingerprint density at radius 1 is 1.19 bits per heavy atom. The fourth-order valence-electron chi connectivity index (χ4n) is 3.89. The van der Waals surface area contributed by atoms with Gasteiger partial charge in [0.15, 0.2) is 0 Å². The summed E-state index contributed by atoms with van der Waals surface area (Å²) in [6.07, 6.45) is 6.26. The Kier molecular flexibility index (Phi) is 4.90. The molecule has 1 aromatic carbocycles. The second-order valence-corrected chi connectivity index (χ2v) is 10.6. The normalized spacial score (nSPS) is 22.4. The van der Waals surface area contributed by atoms with E-state index >= 15 is 0 Å². The van der Waals surface area contributed by atoms with Crippen molar-refractivity contribution in [3.63, 3.8) is 0 Å². The van der Waals surface area contributed by atoms with Crippen molar-refractivity contribution in [2.24, 2.45) is 5.92 Å². The van der Waals surface area contributed by atoms with Crippen LogP contribution in [0.25, 0.3) is 0 Å². The van der Waals surface area contributed by atoms with Crippen molar-refractivity contribution < 1.29 is 13.2 Å². The van der Waals surface area contributed by atoms with Crippen LogP contribution in [0.5, 0.6) is 0 Å². The Morgan fingerprint density at radius 2 is 1.85 bits per heavy atom. The molecule has 0 bridgehead atoms. The molecule has 1 aromatic rings. The maximum Gasteiger partial charge on any atom is 0.255 e. The zero-order chi connectivity index (χ0) is 18.5. The van der Waals surface area contributed by atoms with Crippen LogP contribution in [0.3, 0.4) is 0 Å². The van der Waals surface area contributed by atoms with Crippen LogP contribution in [-0.4, -0.2) is 48.7 Å². The quantitative estimate of drug-likeness (QED) is 0.678. The lowest BCUT2D eigenvalue weighted by molar-refractivity contribution is 0.0653. The molecule has 1 atom stereocenters. The fraction of sp³-hybridized carbons (Fsp3) is 0.632. The standard InChI is InChI=1S/C19H25BrN2O3S/c1-13(14-4-5-14)22(15-6-7-15)19(23)17-12-16(8-9-18(17)20)26(24,25)21-10-2-3-11-21/h8-9,12-15H,2-7,10-11H2,1H3/t13-/m0/s1. The molecule has 1 saturated heterocycles. The Balaban J connectivity index is 1.66. The number of carbonyl (C=O) groups is 1. The van der Waals surface area contributed by atoms with Gasteiger partial charge in [0.25, 0.3) is 5.91 Å². The molecule has 0 unspecified atom stereocenters. The van der Waals surface area contributed by atoms with Gasteiger partial charge in [-0.25, -0.2) is 8.42 Å². The molecule has 5 nitrogen and oxygen atoms in total. The van der Waals surface area contributed by atoms with Crippen LogP contribution in [0, 0.1) is 5.92 Å².